The molecule has 1 amide bonds. The average Bonchev–Trinajstić information content (AvgIpc) is 2.51. The van der Waals surface area contributed by atoms with E-state index in [4.69, 9.17) is 23.2 Å². The molecule has 0 fully saturated rings. The highest BCUT2D eigenvalue weighted by molar-refractivity contribution is 6.34. The second kappa shape index (κ2) is 7.35. The Hall–Kier alpha value is -1.95. The van der Waals surface area contributed by atoms with Gasteiger partial charge in [0.1, 0.15) is 0 Å². The van der Waals surface area contributed by atoms with Crippen LogP contribution in [0.2, 0.25) is 10.0 Å². The van der Waals surface area contributed by atoms with Crippen molar-refractivity contribution in [3.63, 3.8) is 0 Å². The van der Waals surface area contributed by atoms with Gasteiger partial charge >= 0.3 is 0 Å². The van der Waals surface area contributed by atoms with Gasteiger partial charge in [0.15, 0.2) is 0 Å². The summed E-state index contributed by atoms with van der Waals surface area (Å²) in [6, 6.07) is 10.9. The van der Waals surface area contributed by atoms with E-state index >= 15 is 0 Å². The van der Waals surface area contributed by atoms with Crippen LogP contribution in [0.4, 0.5) is 5.69 Å². The third-order valence-corrected chi connectivity index (χ3v) is 3.70. The zero-order chi connectivity index (χ0) is 16.1. The molecule has 0 heterocycles. The smallest absolute Gasteiger partial charge is 0.224 e. The van der Waals surface area contributed by atoms with Gasteiger partial charge in [0.05, 0.1) is 11.3 Å². The van der Waals surface area contributed by atoms with Crippen molar-refractivity contribution in [2.24, 2.45) is 0 Å². The van der Waals surface area contributed by atoms with Crippen LogP contribution in [-0.4, -0.2) is 5.91 Å². The zero-order valence-corrected chi connectivity index (χ0v) is 13.8. The van der Waals surface area contributed by atoms with Gasteiger partial charge in [-0.05, 0) is 36.8 Å². The summed E-state index contributed by atoms with van der Waals surface area (Å²) in [4.78, 5) is 11.7. The predicted molar refractivity (Wildman–Crippen MR) is 93.4 cm³/mol. The van der Waals surface area contributed by atoms with Crippen LogP contribution in [0.25, 0.3) is 11.1 Å². The SMILES string of the molecule is CC#Cc1c(NC(=O)CC)ccc(Cl)c1-c1ccc(Cl)cc1. The van der Waals surface area contributed by atoms with Gasteiger partial charge in [0, 0.05) is 22.0 Å². The number of carbonyl (C=O) groups is 1. The molecule has 0 aliphatic carbocycles. The Labute approximate surface area is 140 Å². The van der Waals surface area contributed by atoms with Crippen LogP contribution in [-0.2, 0) is 4.79 Å². The summed E-state index contributed by atoms with van der Waals surface area (Å²) in [5.74, 6) is 5.86. The van der Waals surface area contributed by atoms with Crippen molar-refractivity contribution in [3.8, 4) is 23.0 Å². The molecule has 2 aromatic rings. The van der Waals surface area contributed by atoms with E-state index in [1.54, 1.807) is 38.1 Å². The Balaban J connectivity index is 2.64. The molecule has 22 heavy (non-hydrogen) atoms. The van der Waals surface area contributed by atoms with E-state index in [9.17, 15) is 4.79 Å². The highest BCUT2D eigenvalue weighted by Crippen LogP contribution is 2.36. The fraction of sp³-hybridized carbons (Fsp3) is 0.167. The first kappa shape index (κ1) is 16.4. The minimum atomic E-state index is -0.0662. The van der Waals surface area contributed by atoms with E-state index < -0.39 is 0 Å². The molecular weight excluding hydrogens is 317 g/mol. The Bertz CT molecular complexity index is 755. The number of carbonyl (C=O) groups excluding carboxylic acids is 1. The summed E-state index contributed by atoms with van der Waals surface area (Å²) < 4.78 is 0. The molecule has 0 aliphatic heterocycles. The number of rotatable bonds is 3. The summed E-state index contributed by atoms with van der Waals surface area (Å²) in [6.45, 7) is 3.55. The lowest BCUT2D eigenvalue weighted by Gasteiger charge is -2.13. The number of hydrogen-bond donors (Lipinski definition) is 1. The Morgan fingerprint density at radius 2 is 1.82 bits per heavy atom. The molecule has 0 aliphatic rings. The molecule has 0 spiro atoms. The van der Waals surface area contributed by atoms with Gasteiger partial charge in [-0.25, -0.2) is 0 Å². The maximum absolute atomic E-state index is 11.7. The Morgan fingerprint density at radius 1 is 1.14 bits per heavy atom. The van der Waals surface area contributed by atoms with Gasteiger partial charge in [-0.2, -0.15) is 0 Å². The van der Waals surface area contributed by atoms with Crippen LogP contribution in [0.5, 0.6) is 0 Å². The average molecular weight is 332 g/mol. The van der Waals surface area contributed by atoms with Crippen LogP contribution in [0.3, 0.4) is 0 Å². The molecule has 2 aromatic carbocycles. The molecule has 0 saturated carbocycles. The van der Waals surface area contributed by atoms with Gasteiger partial charge in [0.25, 0.3) is 0 Å². The quantitative estimate of drug-likeness (QED) is 0.751. The first-order valence-corrected chi connectivity index (χ1v) is 7.63. The van der Waals surface area contributed by atoms with E-state index in [1.165, 1.54) is 0 Å². The number of nitrogens with one attached hydrogen (secondary N) is 1. The molecule has 0 unspecified atom stereocenters. The molecule has 2 rings (SSSR count). The summed E-state index contributed by atoms with van der Waals surface area (Å²) in [5.41, 5.74) is 3.07. The largest absolute Gasteiger partial charge is 0.325 e. The van der Waals surface area contributed by atoms with E-state index in [1.807, 2.05) is 12.1 Å². The van der Waals surface area contributed by atoms with Gasteiger partial charge in [-0.1, -0.05) is 48.2 Å². The van der Waals surface area contributed by atoms with Crippen LogP contribution < -0.4 is 5.32 Å². The lowest BCUT2D eigenvalue weighted by Crippen LogP contribution is -2.11. The number of halogens is 2. The number of hydrogen-bond acceptors (Lipinski definition) is 1. The highest BCUT2D eigenvalue weighted by atomic mass is 35.5. The molecule has 2 nitrogen and oxygen atoms in total. The van der Waals surface area contributed by atoms with Crippen molar-refractivity contribution >= 4 is 34.8 Å². The molecule has 1 N–H and O–H groups in total. The van der Waals surface area contributed by atoms with Crippen LogP contribution in [0, 0.1) is 11.8 Å². The highest BCUT2D eigenvalue weighted by Gasteiger charge is 2.14. The summed E-state index contributed by atoms with van der Waals surface area (Å²) >= 11 is 12.3. The molecule has 112 valence electrons. The second-order valence-corrected chi connectivity index (χ2v) is 5.47. The van der Waals surface area contributed by atoms with E-state index in [2.05, 4.69) is 17.2 Å². The minimum absolute atomic E-state index is 0.0662. The van der Waals surface area contributed by atoms with Crippen molar-refractivity contribution in [1.82, 2.24) is 0 Å². The molecule has 0 bridgehead atoms. The summed E-state index contributed by atoms with van der Waals surface area (Å²) in [7, 11) is 0. The lowest BCUT2D eigenvalue weighted by atomic mass is 9.98. The van der Waals surface area contributed by atoms with Gasteiger partial charge in [-0.3, -0.25) is 4.79 Å². The first-order valence-electron chi connectivity index (χ1n) is 6.87. The molecular formula is C18H15Cl2NO. The topological polar surface area (TPSA) is 29.1 Å². The summed E-state index contributed by atoms with van der Waals surface area (Å²) in [5, 5.41) is 4.10. The second-order valence-electron chi connectivity index (χ2n) is 4.63. The van der Waals surface area contributed by atoms with E-state index in [0.29, 0.717) is 27.7 Å². The minimum Gasteiger partial charge on any atom is -0.325 e. The van der Waals surface area contributed by atoms with Crippen LogP contribution in [0.15, 0.2) is 36.4 Å². The van der Waals surface area contributed by atoms with E-state index in [-0.39, 0.29) is 5.91 Å². The molecule has 0 atom stereocenters. The number of amides is 1. The van der Waals surface area contributed by atoms with Gasteiger partial charge < -0.3 is 5.32 Å². The fourth-order valence-electron chi connectivity index (χ4n) is 2.07. The fourth-order valence-corrected chi connectivity index (χ4v) is 2.47. The molecule has 0 radical (unpaired) electrons. The predicted octanol–water partition coefficient (Wildman–Crippen LogP) is 5.38. The maximum Gasteiger partial charge on any atom is 0.224 e. The monoisotopic (exact) mass is 331 g/mol. The molecule has 0 aromatic heterocycles. The zero-order valence-electron chi connectivity index (χ0n) is 12.3. The van der Waals surface area contributed by atoms with E-state index in [0.717, 1.165) is 11.1 Å². The lowest BCUT2D eigenvalue weighted by molar-refractivity contribution is -0.115. The Morgan fingerprint density at radius 3 is 2.41 bits per heavy atom. The van der Waals surface area contributed by atoms with Crippen molar-refractivity contribution in [2.45, 2.75) is 20.3 Å². The van der Waals surface area contributed by atoms with Crippen molar-refractivity contribution in [2.75, 3.05) is 5.32 Å². The molecule has 4 heteroatoms. The van der Waals surface area contributed by atoms with Crippen molar-refractivity contribution in [3.05, 3.63) is 52.0 Å². The first-order chi connectivity index (χ1) is 10.6. The van der Waals surface area contributed by atoms with Crippen molar-refractivity contribution in [1.29, 1.82) is 0 Å². The number of anilines is 1. The summed E-state index contributed by atoms with van der Waals surface area (Å²) in [6.07, 6.45) is 0.401. The van der Waals surface area contributed by atoms with Crippen LogP contribution >= 0.6 is 23.2 Å². The maximum atomic E-state index is 11.7. The van der Waals surface area contributed by atoms with Crippen LogP contribution in [0.1, 0.15) is 25.8 Å². The third-order valence-electron chi connectivity index (χ3n) is 3.13. The number of benzene rings is 2. The van der Waals surface area contributed by atoms with Gasteiger partial charge in [-0.15, -0.1) is 5.92 Å². The molecule has 0 saturated heterocycles. The third kappa shape index (κ3) is 3.62. The standard InChI is InChI=1S/C18H15Cl2NO/c1-3-5-14-16(21-17(22)4-2)11-10-15(20)18(14)12-6-8-13(19)9-7-12/h6-11H,4H2,1-2H3,(H,21,22). The Kier molecular flexibility index (Phi) is 5.49. The van der Waals surface area contributed by atoms with Gasteiger partial charge in [0.2, 0.25) is 5.91 Å². The van der Waals surface area contributed by atoms with Crippen molar-refractivity contribution < 1.29 is 4.79 Å². The normalized spacial score (nSPS) is 9.82.